The van der Waals surface area contributed by atoms with Crippen LogP contribution in [0.25, 0.3) is 22.4 Å². The Morgan fingerprint density at radius 1 is 1.18 bits per heavy atom. The number of aromatic nitrogens is 1. The number of nitrogens with one attached hydrogen (secondary N) is 2. The predicted octanol–water partition coefficient (Wildman–Crippen LogP) is 3.78. The molecule has 184 valence electrons. The van der Waals surface area contributed by atoms with Crippen LogP contribution in [0.1, 0.15) is 23.2 Å². The van der Waals surface area contributed by atoms with Crippen LogP contribution in [0.5, 0.6) is 0 Å². The molecule has 2 aromatic heterocycles. The Morgan fingerprint density at radius 2 is 1.91 bits per heavy atom. The molecule has 0 aliphatic carbocycles. The van der Waals surface area contributed by atoms with Crippen molar-refractivity contribution in [3.05, 3.63) is 45.3 Å². The lowest BCUT2D eigenvalue weighted by atomic mass is 10.1. The third kappa shape index (κ3) is 6.64. The van der Waals surface area contributed by atoms with Gasteiger partial charge < -0.3 is 19.2 Å². The van der Waals surface area contributed by atoms with Gasteiger partial charge in [0.15, 0.2) is 5.82 Å². The highest BCUT2D eigenvalue weighted by molar-refractivity contribution is 14.1. The third-order valence-electron chi connectivity index (χ3n) is 4.83. The molecule has 1 amide bonds. The molecule has 0 aliphatic rings. The fourth-order valence-corrected chi connectivity index (χ4v) is 5.05. The Kier molecular flexibility index (Phi) is 9.22. The minimum absolute atomic E-state index is 0.0857. The first kappa shape index (κ1) is 26.3. The number of rotatable bonds is 12. The van der Waals surface area contributed by atoms with Crippen LogP contribution in [-0.2, 0) is 19.5 Å². The van der Waals surface area contributed by atoms with Gasteiger partial charge in [0.25, 0.3) is 5.91 Å². The average Bonchev–Trinajstić information content (AvgIpc) is 3.16. The number of amides is 1. The zero-order valence-electron chi connectivity index (χ0n) is 18.7. The molecule has 12 heteroatoms. The number of fused-ring (bicyclic) bond motifs is 1. The van der Waals surface area contributed by atoms with E-state index in [1.54, 1.807) is 13.2 Å². The molecule has 0 aliphatic heterocycles. The van der Waals surface area contributed by atoms with Crippen LogP contribution in [0.4, 0.5) is 10.2 Å². The summed E-state index contributed by atoms with van der Waals surface area (Å²) in [6.45, 7) is 1.40. The van der Waals surface area contributed by atoms with Gasteiger partial charge in [0.1, 0.15) is 11.6 Å². The fourth-order valence-electron chi connectivity index (χ4n) is 3.16. The molecule has 0 radical (unpaired) electrons. The van der Waals surface area contributed by atoms with E-state index in [0.717, 1.165) is 0 Å². The van der Waals surface area contributed by atoms with E-state index in [9.17, 15) is 17.6 Å². The monoisotopic (exact) mass is 605 g/mol. The van der Waals surface area contributed by atoms with E-state index in [0.29, 0.717) is 47.2 Å². The van der Waals surface area contributed by atoms with Crippen LogP contribution < -0.4 is 10.0 Å². The van der Waals surface area contributed by atoms with Crippen molar-refractivity contribution < 1.29 is 31.5 Å². The zero-order chi connectivity index (χ0) is 24.7. The molecule has 9 nitrogen and oxygen atoms in total. The van der Waals surface area contributed by atoms with E-state index in [2.05, 4.69) is 15.0 Å². The van der Waals surface area contributed by atoms with Crippen molar-refractivity contribution in [2.24, 2.45) is 0 Å². The molecule has 34 heavy (non-hydrogen) atoms. The normalized spacial score (nSPS) is 11.6. The van der Waals surface area contributed by atoms with Gasteiger partial charge in [-0.15, -0.1) is 0 Å². The molecule has 0 saturated carbocycles. The number of hydrogen-bond acceptors (Lipinski definition) is 7. The van der Waals surface area contributed by atoms with E-state index in [-0.39, 0.29) is 28.6 Å². The summed E-state index contributed by atoms with van der Waals surface area (Å²) in [6, 6.07) is 7.14. The lowest BCUT2D eigenvalue weighted by molar-refractivity contribution is 0.0693. The molecule has 2 N–H and O–H groups in total. The minimum Gasteiger partial charge on any atom is -0.437 e. The summed E-state index contributed by atoms with van der Waals surface area (Å²) < 4.78 is 57.5. The number of ether oxygens (including phenoxy) is 2. The molecule has 3 aromatic rings. The van der Waals surface area contributed by atoms with Gasteiger partial charge in [-0.3, -0.25) is 9.52 Å². The van der Waals surface area contributed by atoms with Crippen LogP contribution in [0, 0.1) is 9.39 Å². The summed E-state index contributed by atoms with van der Waals surface area (Å²) >= 11 is 1.95. The molecule has 2 heterocycles. The summed E-state index contributed by atoms with van der Waals surface area (Å²) in [7, 11) is -0.596. The highest BCUT2D eigenvalue weighted by Crippen LogP contribution is 2.35. The SMILES string of the molecule is CNC(=O)c1c(-c2ccc(F)cc2)oc2nc(NS(=O)(=O)CCCCOCCOC)c(I)cc12. The largest absolute Gasteiger partial charge is 0.437 e. The molecule has 0 spiro atoms. The van der Waals surface area contributed by atoms with Crippen LogP contribution in [0.15, 0.2) is 34.7 Å². The Bertz CT molecular complexity index is 1250. The quantitative estimate of drug-likeness (QED) is 0.238. The van der Waals surface area contributed by atoms with E-state index in [4.69, 9.17) is 13.9 Å². The third-order valence-corrected chi connectivity index (χ3v) is 6.99. The van der Waals surface area contributed by atoms with Gasteiger partial charge in [-0.25, -0.2) is 12.8 Å². The second-order valence-electron chi connectivity index (χ2n) is 7.30. The molecule has 0 saturated heterocycles. The van der Waals surface area contributed by atoms with Gasteiger partial charge in [-0.05, 0) is 65.8 Å². The number of carbonyl (C=O) groups is 1. The number of unbranched alkanes of at least 4 members (excludes halogenated alkanes) is 1. The van der Waals surface area contributed by atoms with Gasteiger partial charge in [-0.1, -0.05) is 0 Å². The van der Waals surface area contributed by atoms with Gasteiger partial charge >= 0.3 is 0 Å². The van der Waals surface area contributed by atoms with Crippen molar-refractivity contribution in [1.29, 1.82) is 0 Å². The molecule has 1 aromatic carbocycles. The Balaban J connectivity index is 1.83. The number of pyridine rings is 1. The van der Waals surface area contributed by atoms with Gasteiger partial charge in [0.05, 0.1) is 33.5 Å². The molecular formula is C22H25FIN3O6S. The maximum Gasteiger partial charge on any atom is 0.255 e. The topological polar surface area (TPSA) is 120 Å². The lowest BCUT2D eigenvalue weighted by Gasteiger charge is -2.09. The number of anilines is 1. The van der Waals surface area contributed by atoms with Crippen molar-refractivity contribution in [3.63, 3.8) is 0 Å². The smallest absolute Gasteiger partial charge is 0.255 e. The molecular weight excluding hydrogens is 580 g/mol. The second-order valence-corrected chi connectivity index (χ2v) is 10.3. The van der Waals surface area contributed by atoms with Crippen LogP contribution >= 0.6 is 22.6 Å². The van der Waals surface area contributed by atoms with Gasteiger partial charge in [0.2, 0.25) is 15.7 Å². The van der Waals surface area contributed by atoms with Crippen LogP contribution in [0.3, 0.4) is 0 Å². The second kappa shape index (κ2) is 11.9. The summed E-state index contributed by atoms with van der Waals surface area (Å²) in [6.07, 6.45) is 1.00. The first-order valence-electron chi connectivity index (χ1n) is 10.4. The zero-order valence-corrected chi connectivity index (χ0v) is 21.7. The number of nitrogens with zero attached hydrogens (tertiary/aromatic N) is 1. The van der Waals surface area contributed by atoms with Crippen molar-refractivity contribution in [2.75, 3.05) is 44.5 Å². The first-order valence-corrected chi connectivity index (χ1v) is 13.2. The molecule has 0 atom stereocenters. The predicted molar refractivity (Wildman–Crippen MR) is 135 cm³/mol. The van der Waals surface area contributed by atoms with E-state index in [1.165, 1.54) is 31.3 Å². The number of sulfonamides is 1. The Hall–Kier alpha value is -2.29. The number of benzene rings is 1. The Labute approximate surface area is 210 Å². The maximum absolute atomic E-state index is 13.4. The number of furan rings is 1. The van der Waals surface area contributed by atoms with Crippen LogP contribution in [0.2, 0.25) is 0 Å². The van der Waals surface area contributed by atoms with Gasteiger partial charge in [-0.2, -0.15) is 4.98 Å². The molecule has 0 unspecified atom stereocenters. The fraction of sp³-hybridized carbons (Fsp3) is 0.364. The van der Waals surface area contributed by atoms with Gasteiger partial charge in [0, 0.05) is 26.3 Å². The molecule has 0 bridgehead atoms. The van der Waals surface area contributed by atoms with E-state index < -0.39 is 21.7 Å². The van der Waals surface area contributed by atoms with Crippen molar-refractivity contribution in [1.82, 2.24) is 10.3 Å². The first-order chi connectivity index (χ1) is 16.3. The highest BCUT2D eigenvalue weighted by Gasteiger charge is 2.24. The van der Waals surface area contributed by atoms with Crippen molar-refractivity contribution >= 4 is 55.4 Å². The van der Waals surface area contributed by atoms with Crippen molar-refractivity contribution in [3.8, 4) is 11.3 Å². The minimum atomic E-state index is -3.66. The van der Waals surface area contributed by atoms with Crippen LogP contribution in [-0.4, -0.2) is 59.0 Å². The summed E-state index contributed by atoms with van der Waals surface area (Å²) in [5.74, 6) is -0.610. The molecule has 3 rings (SSSR count). The van der Waals surface area contributed by atoms with Crippen molar-refractivity contribution in [2.45, 2.75) is 12.8 Å². The van der Waals surface area contributed by atoms with E-state index in [1.807, 2.05) is 22.6 Å². The maximum atomic E-state index is 13.4. The highest BCUT2D eigenvalue weighted by atomic mass is 127. The number of hydrogen-bond donors (Lipinski definition) is 2. The summed E-state index contributed by atoms with van der Waals surface area (Å²) in [5, 5.41) is 2.98. The molecule has 0 fully saturated rings. The Morgan fingerprint density at radius 3 is 2.59 bits per heavy atom. The summed E-state index contributed by atoms with van der Waals surface area (Å²) in [5.41, 5.74) is 0.808. The number of carbonyl (C=O) groups excluding carboxylic acids is 1. The summed E-state index contributed by atoms with van der Waals surface area (Å²) in [4.78, 5) is 16.9. The van der Waals surface area contributed by atoms with E-state index >= 15 is 0 Å². The lowest BCUT2D eigenvalue weighted by Crippen LogP contribution is -2.19. The number of halogens is 2. The number of methoxy groups -OCH3 is 1. The standard InChI is InChI=1S/C22H25FIN3O6S/c1-25-21(28)18-16-13-17(24)20(27-34(29,30)12-4-3-9-32-11-10-31-2)26-22(16)33-19(18)14-5-7-15(23)8-6-14/h5-8,13H,3-4,9-12H2,1-2H3,(H,25,28)(H,26,27). The average molecular weight is 605 g/mol.